The van der Waals surface area contributed by atoms with Crippen LogP contribution >= 0.6 is 0 Å². The molecule has 1 fully saturated rings. The summed E-state index contributed by atoms with van der Waals surface area (Å²) in [5.41, 5.74) is 4.50. The number of piperidine rings is 1. The van der Waals surface area contributed by atoms with Crippen molar-refractivity contribution in [2.45, 2.75) is 18.9 Å². The molecule has 21 heavy (non-hydrogen) atoms. The van der Waals surface area contributed by atoms with Crippen molar-refractivity contribution in [1.29, 1.82) is 0 Å². The second-order valence-corrected chi connectivity index (χ2v) is 4.81. The van der Waals surface area contributed by atoms with Crippen LogP contribution in [0.4, 0.5) is 11.5 Å². The number of aromatic amines is 1. The lowest BCUT2D eigenvalue weighted by molar-refractivity contribution is -0.384. The van der Waals surface area contributed by atoms with Gasteiger partial charge in [0.2, 0.25) is 11.5 Å². The van der Waals surface area contributed by atoms with Gasteiger partial charge in [0.15, 0.2) is 0 Å². The molecule has 9 heteroatoms. The molecule has 9 nitrogen and oxygen atoms in total. The molecule has 1 saturated heterocycles. The van der Waals surface area contributed by atoms with Crippen molar-refractivity contribution in [2.75, 3.05) is 24.5 Å². The molecule has 1 aliphatic heterocycles. The first-order valence-corrected chi connectivity index (χ1v) is 6.67. The summed E-state index contributed by atoms with van der Waals surface area (Å²) in [7, 11) is 0. The van der Waals surface area contributed by atoms with E-state index in [0.29, 0.717) is 6.54 Å². The van der Waals surface area contributed by atoms with E-state index in [1.807, 2.05) is 0 Å². The molecule has 114 valence electrons. The number of anilines is 1. The summed E-state index contributed by atoms with van der Waals surface area (Å²) in [5.74, 6) is -0.759. The van der Waals surface area contributed by atoms with Crippen LogP contribution < -0.4 is 16.0 Å². The zero-order chi connectivity index (χ0) is 15.4. The number of nitro groups is 1. The second kappa shape index (κ2) is 6.35. The third-order valence-electron chi connectivity index (χ3n) is 3.50. The van der Waals surface area contributed by atoms with Gasteiger partial charge in [-0.3, -0.25) is 20.0 Å². The summed E-state index contributed by atoms with van der Waals surface area (Å²) >= 11 is 0. The molecule has 0 unspecified atom stereocenters. The molecular formula is C12H18N6O3. The Morgan fingerprint density at radius 2 is 2.24 bits per heavy atom. The van der Waals surface area contributed by atoms with Gasteiger partial charge in [-0.2, -0.15) is 0 Å². The smallest absolute Gasteiger partial charge is 0.343 e. The second-order valence-electron chi connectivity index (χ2n) is 4.81. The number of primary amides is 1. The van der Waals surface area contributed by atoms with Crippen LogP contribution in [0.2, 0.25) is 0 Å². The van der Waals surface area contributed by atoms with Crippen LogP contribution in [-0.2, 0) is 0 Å². The third kappa shape index (κ3) is 3.02. The number of aromatic nitrogens is 2. The van der Waals surface area contributed by atoms with Gasteiger partial charge in [0.1, 0.15) is 0 Å². The summed E-state index contributed by atoms with van der Waals surface area (Å²) in [5, 5.41) is 20.8. The van der Waals surface area contributed by atoms with Gasteiger partial charge >= 0.3 is 5.69 Å². The summed E-state index contributed by atoms with van der Waals surface area (Å²) in [6, 6.07) is 0.104. The molecule has 0 spiro atoms. The fourth-order valence-electron chi connectivity index (χ4n) is 2.54. The largest absolute Gasteiger partial charge is 0.364 e. The lowest BCUT2D eigenvalue weighted by Crippen LogP contribution is -2.43. The van der Waals surface area contributed by atoms with Gasteiger partial charge in [-0.25, -0.2) is 0 Å². The number of nitrogens with one attached hydrogen (secondary N) is 2. The minimum absolute atomic E-state index is 0.104. The molecular weight excluding hydrogens is 276 g/mol. The van der Waals surface area contributed by atoms with E-state index in [-0.39, 0.29) is 23.2 Å². The highest BCUT2D eigenvalue weighted by atomic mass is 16.6. The minimum atomic E-state index is -0.899. The number of nitrogens with two attached hydrogens (primary N) is 1. The zero-order valence-corrected chi connectivity index (χ0v) is 11.5. The summed E-state index contributed by atoms with van der Waals surface area (Å²) in [6.45, 7) is 5.76. The first kappa shape index (κ1) is 15.0. The summed E-state index contributed by atoms with van der Waals surface area (Å²) < 4.78 is 0. The van der Waals surface area contributed by atoms with Crippen LogP contribution in [0.5, 0.6) is 0 Å². The highest BCUT2D eigenvalue weighted by Crippen LogP contribution is 2.31. The Bertz CT molecular complexity index is 549. The predicted molar refractivity (Wildman–Crippen MR) is 77.2 cm³/mol. The van der Waals surface area contributed by atoms with Crippen LogP contribution in [0.1, 0.15) is 23.3 Å². The van der Waals surface area contributed by atoms with Gasteiger partial charge in [-0.05, 0) is 25.9 Å². The molecule has 1 amide bonds. The van der Waals surface area contributed by atoms with E-state index in [2.05, 4.69) is 22.1 Å². The van der Waals surface area contributed by atoms with Crippen molar-refractivity contribution in [3.63, 3.8) is 0 Å². The van der Waals surface area contributed by atoms with Crippen LogP contribution in [0.3, 0.4) is 0 Å². The van der Waals surface area contributed by atoms with Gasteiger partial charge in [0, 0.05) is 12.6 Å². The molecule has 0 aliphatic carbocycles. The van der Waals surface area contributed by atoms with Gasteiger partial charge in [0.25, 0.3) is 5.91 Å². The Morgan fingerprint density at radius 3 is 2.76 bits per heavy atom. The molecule has 2 heterocycles. The monoisotopic (exact) mass is 294 g/mol. The summed E-state index contributed by atoms with van der Waals surface area (Å²) in [6.07, 6.45) is 3.33. The Kier molecular flexibility index (Phi) is 4.53. The number of carbonyl (C=O) groups is 1. The van der Waals surface area contributed by atoms with E-state index in [9.17, 15) is 14.9 Å². The van der Waals surface area contributed by atoms with E-state index < -0.39 is 10.8 Å². The van der Waals surface area contributed by atoms with Crippen molar-refractivity contribution in [2.24, 2.45) is 5.73 Å². The Labute approximate surface area is 121 Å². The quantitative estimate of drug-likeness (QED) is 0.389. The first-order valence-electron chi connectivity index (χ1n) is 6.67. The van der Waals surface area contributed by atoms with Gasteiger partial charge in [0.05, 0.1) is 4.92 Å². The maximum Gasteiger partial charge on any atom is 0.343 e. The molecule has 1 aromatic heterocycles. The molecule has 1 aromatic rings. The Morgan fingerprint density at radius 1 is 1.57 bits per heavy atom. The molecule has 2 rings (SSSR count). The van der Waals surface area contributed by atoms with E-state index in [1.54, 1.807) is 11.0 Å². The SMILES string of the molecule is C=CCN(c1n[nH]c(C(N)=O)c1[N+](=O)[O-])C1CCNCC1. The molecule has 1 aliphatic rings. The number of nitrogens with zero attached hydrogens (tertiary/aromatic N) is 3. The predicted octanol–water partition coefficient (Wildman–Crippen LogP) is 0.161. The average molecular weight is 294 g/mol. The number of H-pyrrole nitrogens is 1. The molecule has 4 N–H and O–H groups in total. The minimum Gasteiger partial charge on any atom is -0.364 e. The first-order chi connectivity index (χ1) is 10.1. The normalized spacial score (nSPS) is 15.6. The molecule has 0 saturated carbocycles. The number of amides is 1. The van der Waals surface area contributed by atoms with E-state index >= 15 is 0 Å². The molecule has 0 atom stereocenters. The van der Waals surface area contributed by atoms with E-state index in [1.165, 1.54) is 0 Å². The standard InChI is InChI=1S/C12H18N6O3/c1-2-7-17(8-3-5-14-6-4-8)12-10(18(20)21)9(11(13)19)15-16-12/h2,8,14H,1,3-7H2,(H2,13,19)(H,15,16). The van der Waals surface area contributed by atoms with Crippen LogP contribution in [0.15, 0.2) is 12.7 Å². The van der Waals surface area contributed by atoms with Gasteiger partial charge in [-0.15, -0.1) is 11.7 Å². The Hall–Kier alpha value is -2.42. The van der Waals surface area contributed by atoms with Gasteiger partial charge in [-0.1, -0.05) is 6.08 Å². The maximum absolute atomic E-state index is 11.3. The van der Waals surface area contributed by atoms with Crippen molar-refractivity contribution < 1.29 is 9.72 Å². The number of carbonyl (C=O) groups excluding carboxylic acids is 1. The van der Waals surface area contributed by atoms with E-state index in [0.717, 1.165) is 25.9 Å². The zero-order valence-electron chi connectivity index (χ0n) is 11.5. The highest BCUT2D eigenvalue weighted by molar-refractivity contribution is 5.97. The van der Waals surface area contributed by atoms with Crippen LogP contribution in [-0.4, -0.2) is 46.7 Å². The van der Waals surface area contributed by atoms with Crippen molar-refractivity contribution in [3.05, 3.63) is 28.5 Å². The van der Waals surface area contributed by atoms with Gasteiger partial charge < -0.3 is 16.0 Å². The lowest BCUT2D eigenvalue weighted by atomic mass is 10.0. The molecule has 0 radical (unpaired) electrons. The summed E-state index contributed by atoms with van der Waals surface area (Å²) in [4.78, 5) is 23.7. The molecule has 0 aromatic carbocycles. The number of rotatable bonds is 6. The maximum atomic E-state index is 11.3. The average Bonchev–Trinajstić information content (AvgIpc) is 2.90. The number of hydrogen-bond acceptors (Lipinski definition) is 6. The highest BCUT2D eigenvalue weighted by Gasteiger charge is 2.33. The van der Waals surface area contributed by atoms with Crippen molar-refractivity contribution in [1.82, 2.24) is 15.5 Å². The Balaban J connectivity index is 2.41. The van der Waals surface area contributed by atoms with E-state index in [4.69, 9.17) is 5.73 Å². The lowest BCUT2D eigenvalue weighted by Gasteiger charge is -2.33. The fraction of sp³-hybridized carbons (Fsp3) is 0.500. The van der Waals surface area contributed by atoms with Crippen LogP contribution in [0, 0.1) is 10.1 Å². The van der Waals surface area contributed by atoms with Crippen molar-refractivity contribution in [3.8, 4) is 0 Å². The van der Waals surface area contributed by atoms with Crippen LogP contribution in [0.25, 0.3) is 0 Å². The molecule has 0 bridgehead atoms. The fourth-order valence-corrected chi connectivity index (χ4v) is 2.54. The third-order valence-corrected chi connectivity index (χ3v) is 3.50. The number of hydrogen-bond donors (Lipinski definition) is 3. The van der Waals surface area contributed by atoms with Crippen molar-refractivity contribution >= 4 is 17.4 Å². The topological polar surface area (TPSA) is 130 Å².